The fourth-order valence-electron chi connectivity index (χ4n) is 2.69. The minimum Gasteiger partial charge on any atom is -0.487 e. The summed E-state index contributed by atoms with van der Waals surface area (Å²) in [7, 11) is 0. The standard InChI is InChI=1S/C22H22FN3O3S/c1-15-26-19(14-30-15)13-29-20-4-2-3-17(12-20)22(28)25-10-9-24-21(27)11-16-5-7-18(23)8-6-16/h2-8,12,14H,9-11,13H2,1H3,(H,24,27)(H,25,28). The van der Waals surface area contributed by atoms with Gasteiger partial charge in [0.2, 0.25) is 5.91 Å². The third kappa shape index (κ3) is 6.66. The van der Waals surface area contributed by atoms with Gasteiger partial charge in [0.1, 0.15) is 18.2 Å². The molecule has 0 aliphatic rings. The minimum absolute atomic E-state index is 0.159. The molecular weight excluding hydrogens is 405 g/mol. The topological polar surface area (TPSA) is 80.3 Å². The molecule has 0 aliphatic heterocycles. The highest BCUT2D eigenvalue weighted by molar-refractivity contribution is 7.09. The Morgan fingerprint density at radius 2 is 1.87 bits per heavy atom. The van der Waals surface area contributed by atoms with Crippen molar-refractivity contribution in [3.63, 3.8) is 0 Å². The number of benzene rings is 2. The molecule has 30 heavy (non-hydrogen) atoms. The van der Waals surface area contributed by atoms with Gasteiger partial charge in [-0.3, -0.25) is 9.59 Å². The van der Waals surface area contributed by atoms with E-state index in [1.165, 1.54) is 12.1 Å². The number of halogens is 1. The third-order valence-corrected chi connectivity index (χ3v) is 4.98. The van der Waals surface area contributed by atoms with Gasteiger partial charge in [-0.2, -0.15) is 0 Å². The molecular formula is C22H22FN3O3S. The lowest BCUT2D eigenvalue weighted by Crippen LogP contribution is -2.35. The van der Waals surface area contributed by atoms with E-state index in [0.29, 0.717) is 24.5 Å². The molecule has 156 valence electrons. The zero-order chi connectivity index (χ0) is 21.3. The van der Waals surface area contributed by atoms with Gasteiger partial charge in [-0.15, -0.1) is 11.3 Å². The fourth-order valence-corrected chi connectivity index (χ4v) is 3.29. The van der Waals surface area contributed by atoms with Crippen LogP contribution >= 0.6 is 11.3 Å². The molecule has 2 N–H and O–H groups in total. The maximum atomic E-state index is 12.9. The van der Waals surface area contributed by atoms with Crippen LogP contribution in [0.5, 0.6) is 5.75 Å². The van der Waals surface area contributed by atoms with Crippen molar-refractivity contribution in [3.8, 4) is 5.75 Å². The number of ether oxygens (including phenoxy) is 1. The number of nitrogens with one attached hydrogen (secondary N) is 2. The third-order valence-electron chi connectivity index (χ3n) is 4.16. The first kappa shape index (κ1) is 21.4. The number of nitrogens with zero attached hydrogens (tertiary/aromatic N) is 1. The number of carbonyl (C=O) groups excluding carboxylic acids is 2. The van der Waals surface area contributed by atoms with Gasteiger partial charge in [-0.1, -0.05) is 18.2 Å². The van der Waals surface area contributed by atoms with Gasteiger partial charge in [-0.25, -0.2) is 9.37 Å². The van der Waals surface area contributed by atoms with Gasteiger partial charge in [0.15, 0.2) is 0 Å². The normalized spacial score (nSPS) is 10.5. The Morgan fingerprint density at radius 1 is 1.10 bits per heavy atom. The van der Waals surface area contributed by atoms with Crippen LogP contribution < -0.4 is 15.4 Å². The molecule has 1 aromatic heterocycles. The van der Waals surface area contributed by atoms with Crippen LogP contribution in [0.25, 0.3) is 0 Å². The van der Waals surface area contributed by atoms with Crippen LogP contribution in [0.1, 0.15) is 26.6 Å². The number of amides is 2. The Kier molecular flexibility index (Phi) is 7.51. The monoisotopic (exact) mass is 427 g/mol. The zero-order valence-corrected chi connectivity index (χ0v) is 17.3. The molecule has 0 aliphatic carbocycles. The lowest BCUT2D eigenvalue weighted by atomic mass is 10.1. The molecule has 0 spiro atoms. The molecule has 0 fully saturated rings. The highest BCUT2D eigenvalue weighted by Crippen LogP contribution is 2.16. The van der Waals surface area contributed by atoms with E-state index in [9.17, 15) is 14.0 Å². The average Bonchev–Trinajstić information content (AvgIpc) is 3.16. The SMILES string of the molecule is Cc1nc(COc2cccc(C(=O)NCCNC(=O)Cc3ccc(F)cc3)c2)cs1. The maximum Gasteiger partial charge on any atom is 0.251 e. The predicted octanol–water partition coefficient (Wildman–Crippen LogP) is 3.26. The first-order valence-corrected chi connectivity index (χ1v) is 10.3. The number of rotatable bonds is 9. The summed E-state index contributed by atoms with van der Waals surface area (Å²) in [5, 5.41) is 8.41. The van der Waals surface area contributed by atoms with Gasteiger partial charge in [0, 0.05) is 24.0 Å². The van der Waals surface area contributed by atoms with Crippen LogP contribution in [0.15, 0.2) is 53.9 Å². The summed E-state index contributed by atoms with van der Waals surface area (Å²) in [5.41, 5.74) is 2.05. The van der Waals surface area contributed by atoms with Crippen molar-refractivity contribution in [2.24, 2.45) is 0 Å². The van der Waals surface area contributed by atoms with Crippen LogP contribution in [0, 0.1) is 12.7 Å². The molecule has 2 aromatic carbocycles. The van der Waals surface area contributed by atoms with E-state index < -0.39 is 0 Å². The predicted molar refractivity (Wildman–Crippen MR) is 113 cm³/mol. The second kappa shape index (κ2) is 10.5. The summed E-state index contributed by atoms with van der Waals surface area (Å²) in [4.78, 5) is 28.6. The van der Waals surface area contributed by atoms with E-state index in [1.54, 1.807) is 47.7 Å². The summed E-state index contributed by atoms with van der Waals surface area (Å²) in [5.74, 6) is -0.197. The first-order valence-electron chi connectivity index (χ1n) is 9.43. The molecule has 0 radical (unpaired) electrons. The number of thiazole rings is 1. The van der Waals surface area contributed by atoms with Crippen molar-refractivity contribution < 1.29 is 18.7 Å². The Bertz CT molecular complexity index is 1000. The number of aromatic nitrogens is 1. The van der Waals surface area contributed by atoms with Gasteiger partial charge in [-0.05, 0) is 42.8 Å². The van der Waals surface area contributed by atoms with Crippen LogP contribution in [0.4, 0.5) is 4.39 Å². The Hall–Kier alpha value is -3.26. The molecule has 3 aromatic rings. The molecule has 6 nitrogen and oxygen atoms in total. The quantitative estimate of drug-likeness (QED) is 0.514. The van der Waals surface area contributed by atoms with Gasteiger partial charge in [0.25, 0.3) is 5.91 Å². The summed E-state index contributed by atoms with van der Waals surface area (Å²) in [6, 6.07) is 12.7. The first-order chi connectivity index (χ1) is 14.5. The van der Waals surface area contributed by atoms with E-state index in [2.05, 4.69) is 15.6 Å². The number of aryl methyl sites for hydroxylation is 1. The molecule has 0 saturated carbocycles. The molecule has 3 rings (SSSR count). The lowest BCUT2D eigenvalue weighted by molar-refractivity contribution is -0.120. The van der Waals surface area contributed by atoms with Crippen molar-refractivity contribution in [3.05, 3.63) is 81.6 Å². The van der Waals surface area contributed by atoms with Gasteiger partial charge < -0.3 is 15.4 Å². The number of carbonyl (C=O) groups is 2. The van der Waals surface area contributed by atoms with Crippen molar-refractivity contribution in [1.82, 2.24) is 15.6 Å². The van der Waals surface area contributed by atoms with Crippen molar-refractivity contribution >= 4 is 23.2 Å². The lowest BCUT2D eigenvalue weighted by Gasteiger charge is -2.09. The van der Waals surface area contributed by atoms with Gasteiger partial charge in [0.05, 0.1) is 17.1 Å². The Balaban J connectivity index is 1.40. The minimum atomic E-state index is -0.338. The van der Waals surface area contributed by atoms with Crippen LogP contribution in [-0.2, 0) is 17.8 Å². The average molecular weight is 428 g/mol. The largest absolute Gasteiger partial charge is 0.487 e. The summed E-state index contributed by atoms with van der Waals surface area (Å²) < 4.78 is 18.6. The van der Waals surface area contributed by atoms with E-state index in [1.807, 2.05) is 12.3 Å². The zero-order valence-electron chi connectivity index (χ0n) is 16.5. The number of hydrogen-bond donors (Lipinski definition) is 2. The summed E-state index contributed by atoms with van der Waals surface area (Å²) >= 11 is 1.56. The smallest absolute Gasteiger partial charge is 0.251 e. The number of hydrogen-bond acceptors (Lipinski definition) is 5. The molecule has 2 amide bonds. The van der Waals surface area contributed by atoms with E-state index in [0.717, 1.165) is 16.3 Å². The van der Waals surface area contributed by atoms with E-state index >= 15 is 0 Å². The molecule has 0 unspecified atom stereocenters. The van der Waals surface area contributed by atoms with E-state index in [4.69, 9.17) is 4.74 Å². The van der Waals surface area contributed by atoms with Crippen LogP contribution in [0.3, 0.4) is 0 Å². The molecule has 8 heteroatoms. The molecule has 0 saturated heterocycles. The highest BCUT2D eigenvalue weighted by atomic mass is 32.1. The molecule has 0 bridgehead atoms. The second-order valence-electron chi connectivity index (χ2n) is 6.58. The van der Waals surface area contributed by atoms with Crippen molar-refractivity contribution in [2.45, 2.75) is 20.0 Å². The molecule has 1 heterocycles. The van der Waals surface area contributed by atoms with E-state index in [-0.39, 0.29) is 30.6 Å². The Labute approximate surface area is 178 Å². The maximum absolute atomic E-state index is 12.9. The highest BCUT2D eigenvalue weighted by Gasteiger charge is 2.08. The van der Waals surface area contributed by atoms with Gasteiger partial charge >= 0.3 is 0 Å². The molecule has 0 atom stereocenters. The Morgan fingerprint density at radius 3 is 2.60 bits per heavy atom. The fraction of sp³-hybridized carbons (Fsp3) is 0.227. The van der Waals surface area contributed by atoms with Crippen molar-refractivity contribution in [2.75, 3.05) is 13.1 Å². The second-order valence-corrected chi connectivity index (χ2v) is 7.65. The summed E-state index contributed by atoms with van der Waals surface area (Å²) in [6.07, 6.45) is 0.159. The van der Waals surface area contributed by atoms with Crippen molar-refractivity contribution in [1.29, 1.82) is 0 Å². The van der Waals surface area contributed by atoms with Crippen LogP contribution in [0.2, 0.25) is 0 Å². The summed E-state index contributed by atoms with van der Waals surface area (Å²) in [6.45, 7) is 2.86. The van der Waals surface area contributed by atoms with Crippen LogP contribution in [-0.4, -0.2) is 29.9 Å².